The van der Waals surface area contributed by atoms with E-state index in [4.69, 9.17) is 9.15 Å². The predicted octanol–water partition coefficient (Wildman–Crippen LogP) is 3.97. The van der Waals surface area contributed by atoms with Crippen LogP contribution in [0.3, 0.4) is 0 Å². The number of ether oxygens (including phenoxy) is 1. The summed E-state index contributed by atoms with van der Waals surface area (Å²) in [5.41, 5.74) is 2.04. The molecule has 5 rings (SSSR count). The minimum atomic E-state index is -0.501. The summed E-state index contributed by atoms with van der Waals surface area (Å²) >= 11 is 0. The molecule has 3 aromatic rings. The van der Waals surface area contributed by atoms with Gasteiger partial charge in [0.2, 0.25) is 5.78 Å². The van der Waals surface area contributed by atoms with Crippen LogP contribution in [-0.4, -0.2) is 23.8 Å². The van der Waals surface area contributed by atoms with Crippen molar-refractivity contribution in [1.82, 2.24) is 0 Å². The van der Waals surface area contributed by atoms with Crippen molar-refractivity contribution < 1.29 is 23.8 Å². The van der Waals surface area contributed by atoms with E-state index in [9.17, 15) is 14.7 Å². The number of methoxy groups -OCH3 is 1. The first-order chi connectivity index (χ1) is 12.5. The average molecular weight is 348 g/mol. The zero-order valence-corrected chi connectivity index (χ0v) is 14.4. The molecule has 0 saturated heterocycles. The third kappa shape index (κ3) is 1.65. The molecule has 1 N–H and O–H groups in total. The van der Waals surface area contributed by atoms with Crippen molar-refractivity contribution in [3.63, 3.8) is 0 Å². The van der Waals surface area contributed by atoms with Crippen LogP contribution in [0.25, 0.3) is 10.8 Å². The van der Waals surface area contributed by atoms with E-state index in [0.29, 0.717) is 46.1 Å². The summed E-state index contributed by atoms with van der Waals surface area (Å²) in [6.07, 6.45) is 2.41. The fraction of sp³-hybridized carbons (Fsp3) is 0.238. The third-order valence-corrected chi connectivity index (χ3v) is 5.85. The molecule has 1 aromatic heterocycles. The number of rotatable bonds is 1. The fourth-order valence-corrected chi connectivity index (χ4v) is 4.46. The maximum absolute atomic E-state index is 13.1. The van der Waals surface area contributed by atoms with Crippen molar-refractivity contribution in [2.24, 2.45) is 0 Å². The Morgan fingerprint density at radius 2 is 1.96 bits per heavy atom. The smallest absolute Gasteiger partial charge is 0.228 e. The topological polar surface area (TPSA) is 76.7 Å². The summed E-state index contributed by atoms with van der Waals surface area (Å²) in [6.45, 7) is 2.03. The van der Waals surface area contributed by atoms with Crippen LogP contribution in [0.1, 0.15) is 57.4 Å². The van der Waals surface area contributed by atoms with Gasteiger partial charge in [0.15, 0.2) is 11.5 Å². The SMILES string of the molecule is COc1ccc(O)c2cc3c(cc12)C(=O)c1occ2c1[C@]3(C)CCC2=O. The number of phenolic OH excluding ortho intramolecular Hbond substituents is 1. The first-order valence-corrected chi connectivity index (χ1v) is 8.50. The second-order valence-corrected chi connectivity index (χ2v) is 7.17. The van der Waals surface area contributed by atoms with Crippen LogP contribution < -0.4 is 4.74 Å². The number of carbonyl (C=O) groups excluding carboxylic acids is 2. The standard InChI is InChI=1S/C21H16O5/c1-21-6-5-16(23)13-9-26-20(18(13)21)19(24)12-7-11-10(8-14(12)21)15(22)3-4-17(11)25-2/h3-4,7-9,22H,5-6H2,1-2H3/t21-/m1/s1. The highest BCUT2D eigenvalue weighted by atomic mass is 16.5. The zero-order valence-electron chi connectivity index (χ0n) is 14.4. The minimum absolute atomic E-state index is 0.00836. The third-order valence-electron chi connectivity index (χ3n) is 5.85. The van der Waals surface area contributed by atoms with E-state index in [1.807, 2.05) is 13.0 Å². The lowest BCUT2D eigenvalue weighted by Crippen LogP contribution is -2.37. The van der Waals surface area contributed by atoms with Crippen molar-refractivity contribution in [3.8, 4) is 11.5 Å². The number of aromatic hydroxyl groups is 1. The Morgan fingerprint density at radius 3 is 2.73 bits per heavy atom. The van der Waals surface area contributed by atoms with Crippen molar-refractivity contribution in [2.45, 2.75) is 25.2 Å². The van der Waals surface area contributed by atoms with Crippen LogP contribution in [0.15, 0.2) is 34.9 Å². The number of carbonyl (C=O) groups is 2. The van der Waals surface area contributed by atoms with E-state index < -0.39 is 5.41 Å². The van der Waals surface area contributed by atoms with Gasteiger partial charge in [0.05, 0.1) is 12.7 Å². The van der Waals surface area contributed by atoms with E-state index in [0.717, 1.165) is 5.56 Å². The van der Waals surface area contributed by atoms with Gasteiger partial charge >= 0.3 is 0 Å². The van der Waals surface area contributed by atoms with Crippen LogP contribution in [-0.2, 0) is 5.41 Å². The Kier molecular flexibility index (Phi) is 2.78. The predicted molar refractivity (Wildman–Crippen MR) is 94.3 cm³/mol. The van der Waals surface area contributed by atoms with Crippen LogP contribution in [0.5, 0.6) is 11.5 Å². The van der Waals surface area contributed by atoms with E-state index in [1.54, 1.807) is 25.3 Å². The van der Waals surface area contributed by atoms with Gasteiger partial charge in [-0.1, -0.05) is 6.92 Å². The van der Waals surface area contributed by atoms with Crippen LogP contribution in [0.4, 0.5) is 0 Å². The summed E-state index contributed by atoms with van der Waals surface area (Å²) in [4.78, 5) is 25.3. The number of furan rings is 1. The summed E-state index contributed by atoms with van der Waals surface area (Å²) in [5, 5.41) is 11.7. The van der Waals surface area contributed by atoms with Gasteiger partial charge in [-0.15, -0.1) is 0 Å². The van der Waals surface area contributed by atoms with Crippen LogP contribution in [0, 0.1) is 0 Å². The Labute approximate surface area is 149 Å². The number of hydrogen-bond donors (Lipinski definition) is 1. The summed E-state index contributed by atoms with van der Waals surface area (Å²) < 4.78 is 10.9. The molecule has 0 amide bonds. The molecule has 0 unspecified atom stereocenters. The molecule has 130 valence electrons. The summed E-state index contributed by atoms with van der Waals surface area (Å²) in [5.74, 6) is 0.740. The molecule has 1 atom stereocenters. The highest BCUT2D eigenvalue weighted by Gasteiger charge is 2.48. The van der Waals surface area contributed by atoms with E-state index in [-0.39, 0.29) is 23.1 Å². The molecule has 2 aromatic carbocycles. The number of Topliss-reactive ketones (excluding diaryl/α,β-unsaturated/α-hetero) is 1. The molecule has 0 saturated carbocycles. The van der Waals surface area contributed by atoms with E-state index >= 15 is 0 Å². The van der Waals surface area contributed by atoms with Gasteiger partial charge in [-0.05, 0) is 36.2 Å². The fourth-order valence-electron chi connectivity index (χ4n) is 4.46. The second kappa shape index (κ2) is 4.75. The molecule has 0 aliphatic heterocycles. The van der Waals surface area contributed by atoms with Gasteiger partial charge in [0, 0.05) is 33.7 Å². The Hall–Kier alpha value is -3.08. The molecule has 0 spiro atoms. The minimum Gasteiger partial charge on any atom is -0.507 e. The highest BCUT2D eigenvalue weighted by Crippen LogP contribution is 2.51. The average Bonchev–Trinajstić information content (AvgIpc) is 3.10. The number of hydrogen-bond acceptors (Lipinski definition) is 5. The molecule has 26 heavy (non-hydrogen) atoms. The van der Waals surface area contributed by atoms with Gasteiger partial charge in [-0.3, -0.25) is 9.59 Å². The lowest BCUT2D eigenvalue weighted by molar-refractivity contribution is 0.0958. The molecular weight excluding hydrogens is 332 g/mol. The van der Waals surface area contributed by atoms with E-state index in [1.165, 1.54) is 6.26 Å². The van der Waals surface area contributed by atoms with E-state index in [2.05, 4.69) is 0 Å². The van der Waals surface area contributed by atoms with Crippen molar-refractivity contribution >= 4 is 22.3 Å². The number of benzene rings is 2. The lowest BCUT2D eigenvalue weighted by atomic mass is 9.62. The van der Waals surface area contributed by atoms with Gasteiger partial charge < -0.3 is 14.3 Å². The highest BCUT2D eigenvalue weighted by molar-refractivity contribution is 6.16. The molecule has 0 radical (unpaired) electrons. The van der Waals surface area contributed by atoms with Gasteiger partial charge in [-0.2, -0.15) is 0 Å². The maximum atomic E-state index is 13.1. The first-order valence-electron chi connectivity index (χ1n) is 8.50. The molecule has 0 fully saturated rings. The van der Waals surface area contributed by atoms with Gasteiger partial charge in [0.25, 0.3) is 0 Å². The Bertz CT molecular complexity index is 1140. The Morgan fingerprint density at radius 1 is 1.15 bits per heavy atom. The molecular formula is C21H16O5. The summed E-state index contributed by atoms with van der Waals surface area (Å²) in [6, 6.07) is 6.88. The summed E-state index contributed by atoms with van der Waals surface area (Å²) in [7, 11) is 1.55. The zero-order chi connectivity index (χ0) is 18.2. The quantitative estimate of drug-likeness (QED) is 0.720. The van der Waals surface area contributed by atoms with Crippen molar-refractivity contribution in [1.29, 1.82) is 0 Å². The molecule has 1 heterocycles. The molecule has 5 nitrogen and oxygen atoms in total. The number of phenols is 1. The van der Waals surface area contributed by atoms with Crippen molar-refractivity contribution in [3.05, 3.63) is 58.5 Å². The monoisotopic (exact) mass is 348 g/mol. The maximum Gasteiger partial charge on any atom is 0.228 e. The van der Waals surface area contributed by atoms with Gasteiger partial charge in [0.1, 0.15) is 17.8 Å². The first kappa shape index (κ1) is 15.2. The lowest BCUT2D eigenvalue weighted by Gasteiger charge is -2.38. The Balaban J connectivity index is 1.90. The van der Waals surface area contributed by atoms with Gasteiger partial charge in [-0.25, -0.2) is 0 Å². The van der Waals surface area contributed by atoms with Crippen molar-refractivity contribution in [2.75, 3.05) is 7.11 Å². The van der Waals surface area contributed by atoms with Crippen LogP contribution in [0.2, 0.25) is 0 Å². The number of fused-ring (bicyclic) bond motifs is 3. The number of ketones is 2. The molecule has 5 heteroatoms. The molecule has 2 aliphatic rings. The van der Waals surface area contributed by atoms with Crippen LogP contribution >= 0.6 is 0 Å². The molecule has 0 bridgehead atoms. The normalized spacial score (nSPS) is 20.8. The second-order valence-electron chi connectivity index (χ2n) is 7.17. The molecule has 2 aliphatic carbocycles. The largest absolute Gasteiger partial charge is 0.507 e.